The zero-order valence-electron chi connectivity index (χ0n) is 18.7. The van der Waals surface area contributed by atoms with Crippen molar-refractivity contribution in [2.45, 2.75) is 34.1 Å². The number of hydrogen-bond acceptors (Lipinski definition) is 4. The number of carbonyl (C=O) groups is 2. The van der Waals surface area contributed by atoms with E-state index in [-0.39, 0.29) is 24.8 Å². The minimum atomic E-state index is -0.305. The largest absolute Gasteiger partial charge is 0.494 e. The van der Waals surface area contributed by atoms with Crippen molar-refractivity contribution < 1.29 is 14.3 Å². The molecule has 0 fully saturated rings. The third-order valence-corrected chi connectivity index (χ3v) is 5.48. The Kier molecular flexibility index (Phi) is 7.53. The van der Waals surface area contributed by atoms with Gasteiger partial charge >= 0.3 is 0 Å². The molecule has 2 amide bonds. The van der Waals surface area contributed by atoms with Crippen LogP contribution in [-0.4, -0.2) is 34.7 Å². The first-order valence-electron chi connectivity index (χ1n) is 10.4. The second kappa shape index (κ2) is 10.3. The summed E-state index contributed by atoms with van der Waals surface area (Å²) in [5.74, 6) is 0.179. The summed E-state index contributed by atoms with van der Waals surface area (Å²) >= 11 is 6.25. The molecule has 2 N–H and O–H groups in total. The molecule has 0 saturated carbocycles. The summed E-state index contributed by atoms with van der Waals surface area (Å²) in [5, 5.41) is 10.6. The molecule has 2 aromatic carbocycles. The molecular formula is C24H27ClN4O3. The van der Waals surface area contributed by atoms with E-state index < -0.39 is 0 Å². The highest BCUT2D eigenvalue weighted by Gasteiger charge is 2.17. The van der Waals surface area contributed by atoms with Gasteiger partial charge in [0.2, 0.25) is 11.8 Å². The molecule has 0 atom stereocenters. The molecule has 0 spiro atoms. The van der Waals surface area contributed by atoms with Crippen molar-refractivity contribution in [1.82, 2.24) is 15.1 Å². The van der Waals surface area contributed by atoms with E-state index in [0.29, 0.717) is 17.3 Å². The van der Waals surface area contributed by atoms with Crippen LogP contribution in [0.25, 0.3) is 5.69 Å². The summed E-state index contributed by atoms with van der Waals surface area (Å²) in [6.07, 6.45) is 0.133. The molecule has 0 saturated heterocycles. The maximum Gasteiger partial charge on any atom is 0.243 e. The quantitative estimate of drug-likeness (QED) is 0.535. The number of anilines is 1. The van der Waals surface area contributed by atoms with E-state index in [2.05, 4.69) is 15.7 Å². The standard InChI is InChI=1S/C24H27ClN4O3/c1-5-32-20-10-7-18(8-11-20)27-24(31)14-26-23(30)13-21-16(3)28-29(17(21)4)19-9-6-15(2)22(25)12-19/h6-12H,5,13-14H2,1-4H3,(H,26,30)(H,27,31). The van der Waals surface area contributed by atoms with Gasteiger partial charge in [-0.1, -0.05) is 17.7 Å². The number of carbonyl (C=O) groups excluding carboxylic acids is 2. The van der Waals surface area contributed by atoms with Gasteiger partial charge < -0.3 is 15.4 Å². The normalized spacial score (nSPS) is 10.7. The highest BCUT2D eigenvalue weighted by Crippen LogP contribution is 2.23. The lowest BCUT2D eigenvalue weighted by atomic mass is 10.1. The Morgan fingerprint density at radius 3 is 2.44 bits per heavy atom. The van der Waals surface area contributed by atoms with E-state index in [4.69, 9.17) is 16.3 Å². The molecule has 168 valence electrons. The van der Waals surface area contributed by atoms with Gasteiger partial charge in [-0.25, -0.2) is 4.68 Å². The Labute approximate surface area is 192 Å². The van der Waals surface area contributed by atoms with Crippen molar-refractivity contribution in [3.05, 3.63) is 70.0 Å². The molecular weight excluding hydrogens is 428 g/mol. The van der Waals surface area contributed by atoms with Crippen LogP contribution in [0.5, 0.6) is 5.75 Å². The van der Waals surface area contributed by atoms with E-state index in [1.807, 2.05) is 45.9 Å². The predicted molar refractivity (Wildman–Crippen MR) is 126 cm³/mol. The first-order valence-corrected chi connectivity index (χ1v) is 10.8. The topological polar surface area (TPSA) is 85.2 Å². The number of hydrogen-bond donors (Lipinski definition) is 2. The first-order chi connectivity index (χ1) is 15.3. The molecule has 1 aromatic heterocycles. The van der Waals surface area contributed by atoms with Crippen molar-refractivity contribution >= 4 is 29.1 Å². The fourth-order valence-corrected chi connectivity index (χ4v) is 3.48. The van der Waals surface area contributed by atoms with Crippen molar-refractivity contribution in [1.29, 1.82) is 0 Å². The van der Waals surface area contributed by atoms with Crippen LogP contribution in [0.4, 0.5) is 5.69 Å². The summed E-state index contributed by atoms with van der Waals surface area (Å²) in [6, 6.07) is 12.8. The van der Waals surface area contributed by atoms with E-state index in [0.717, 1.165) is 34.0 Å². The van der Waals surface area contributed by atoms with E-state index in [1.165, 1.54) is 0 Å². The third-order valence-electron chi connectivity index (χ3n) is 5.07. The number of nitrogens with one attached hydrogen (secondary N) is 2. The molecule has 1 heterocycles. The van der Waals surface area contributed by atoms with Crippen molar-refractivity contribution in [2.24, 2.45) is 0 Å². The number of ether oxygens (including phenoxy) is 1. The second-order valence-electron chi connectivity index (χ2n) is 7.45. The Morgan fingerprint density at radius 2 is 1.78 bits per heavy atom. The highest BCUT2D eigenvalue weighted by atomic mass is 35.5. The number of aryl methyl sites for hydroxylation is 2. The molecule has 0 unspecified atom stereocenters. The summed E-state index contributed by atoms with van der Waals surface area (Å²) < 4.78 is 7.16. The molecule has 0 bridgehead atoms. The van der Waals surface area contributed by atoms with Crippen LogP contribution in [0.15, 0.2) is 42.5 Å². The van der Waals surface area contributed by atoms with Crippen molar-refractivity contribution in [2.75, 3.05) is 18.5 Å². The SMILES string of the molecule is CCOc1ccc(NC(=O)CNC(=O)Cc2c(C)nn(-c3ccc(C)c(Cl)c3)c2C)cc1. The molecule has 8 heteroatoms. The van der Waals surface area contributed by atoms with Crippen molar-refractivity contribution in [3.63, 3.8) is 0 Å². The first kappa shape index (κ1) is 23.3. The van der Waals surface area contributed by atoms with Gasteiger partial charge in [0, 0.05) is 22.0 Å². The van der Waals surface area contributed by atoms with Gasteiger partial charge in [0.05, 0.1) is 31.0 Å². The number of nitrogens with zero attached hydrogens (tertiary/aromatic N) is 2. The molecule has 0 aliphatic heterocycles. The minimum absolute atomic E-state index is 0.119. The Bertz CT molecular complexity index is 1120. The van der Waals surface area contributed by atoms with Crippen LogP contribution >= 0.6 is 11.6 Å². The summed E-state index contributed by atoms with van der Waals surface area (Å²) in [7, 11) is 0. The predicted octanol–water partition coefficient (Wildman–Crippen LogP) is 4.15. The lowest BCUT2D eigenvalue weighted by Gasteiger charge is -2.09. The van der Waals surface area contributed by atoms with Gasteiger partial charge in [0.1, 0.15) is 5.75 Å². The van der Waals surface area contributed by atoms with Gasteiger partial charge in [-0.3, -0.25) is 9.59 Å². The maximum atomic E-state index is 12.5. The third kappa shape index (κ3) is 5.68. The van der Waals surface area contributed by atoms with Crippen LogP contribution in [0.1, 0.15) is 29.4 Å². The Hall–Kier alpha value is -3.32. The molecule has 7 nitrogen and oxygen atoms in total. The lowest BCUT2D eigenvalue weighted by Crippen LogP contribution is -2.34. The molecule has 3 rings (SSSR count). The van der Waals surface area contributed by atoms with Gasteiger partial charge in [-0.05, 0) is 69.7 Å². The number of benzene rings is 2. The lowest BCUT2D eigenvalue weighted by molar-refractivity contribution is -0.123. The average Bonchev–Trinajstić information content (AvgIpc) is 3.04. The fraction of sp³-hybridized carbons (Fsp3) is 0.292. The second-order valence-corrected chi connectivity index (χ2v) is 7.86. The average molecular weight is 455 g/mol. The molecule has 0 radical (unpaired) electrons. The van der Waals surface area contributed by atoms with E-state index in [9.17, 15) is 9.59 Å². The monoisotopic (exact) mass is 454 g/mol. The fourth-order valence-electron chi connectivity index (χ4n) is 3.30. The summed E-state index contributed by atoms with van der Waals surface area (Å²) in [6.45, 7) is 8.08. The smallest absolute Gasteiger partial charge is 0.243 e. The van der Waals surface area contributed by atoms with Gasteiger partial charge in [0.25, 0.3) is 0 Å². The summed E-state index contributed by atoms with van der Waals surface area (Å²) in [5.41, 5.74) is 4.90. The number of rotatable bonds is 8. The Balaban J connectivity index is 1.58. The summed E-state index contributed by atoms with van der Waals surface area (Å²) in [4.78, 5) is 24.6. The van der Waals surface area contributed by atoms with Crippen LogP contribution in [0, 0.1) is 20.8 Å². The molecule has 32 heavy (non-hydrogen) atoms. The van der Waals surface area contributed by atoms with Crippen LogP contribution in [0.3, 0.4) is 0 Å². The molecule has 0 aliphatic carbocycles. The van der Waals surface area contributed by atoms with Crippen LogP contribution < -0.4 is 15.4 Å². The number of amides is 2. The van der Waals surface area contributed by atoms with Crippen LogP contribution in [0.2, 0.25) is 5.02 Å². The highest BCUT2D eigenvalue weighted by molar-refractivity contribution is 6.31. The van der Waals surface area contributed by atoms with Gasteiger partial charge in [0.15, 0.2) is 0 Å². The van der Waals surface area contributed by atoms with Gasteiger partial charge in [-0.15, -0.1) is 0 Å². The van der Waals surface area contributed by atoms with Crippen LogP contribution in [-0.2, 0) is 16.0 Å². The zero-order valence-corrected chi connectivity index (χ0v) is 19.4. The van der Waals surface area contributed by atoms with Crippen molar-refractivity contribution in [3.8, 4) is 11.4 Å². The number of halogens is 1. The van der Waals surface area contributed by atoms with E-state index >= 15 is 0 Å². The molecule has 3 aromatic rings. The molecule has 0 aliphatic rings. The Morgan fingerprint density at radius 1 is 1.06 bits per heavy atom. The number of aromatic nitrogens is 2. The maximum absolute atomic E-state index is 12.5. The van der Waals surface area contributed by atoms with Gasteiger partial charge in [-0.2, -0.15) is 5.10 Å². The minimum Gasteiger partial charge on any atom is -0.494 e. The van der Waals surface area contributed by atoms with E-state index in [1.54, 1.807) is 28.9 Å². The zero-order chi connectivity index (χ0) is 23.3.